The number of amides is 2. The molecule has 2 heterocycles. The van der Waals surface area contributed by atoms with Crippen LogP contribution in [0.1, 0.15) is 26.4 Å². The number of aryl methyl sites for hydroxylation is 2. The maximum Gasteiger partial charge on any atom is 0.264 e. The Morgan fingerprint density at radius 3 is 2.38 bits per heavy atom. The summed E-state index contributed by atoms with van der Waals surface area (Å²) in [7, 11) is 0. The Balaban J connectivity index is 1.56. The Hall–Kier alpha value is -2.14. The van der Waals surface area contributed by atoms with Crippen LogP contribution in [0.15, 0.2) is 35.7 Å². The lowest BCUT2D eigenvalue weighted by atomic mass is 10.0. The first-order valence-corrected chi connectivity index (χ1v) is 9.09. The standard InChI is InChI=1S/C19H22N2O2S/c1-14-5-6-16(15(2)12-14)13-18(22)20-7-9-21(10-8-20)19(23)17-4-3-11-24-17/h3-6,11-12H,7-10,13H2,1-2H3. The number of rotatable bonds is 3. The zero-order valence-corrected chi connectivity index (χ0v) is 14.9. The molecule has 4 nitrogen and oxygen atoms in total. The predicted molar refractivity (Wildman–Crippen MR) is 96.4 cm³/mol. The first kappa shape index (κ1) is 16.7. The van der Waals surface area contributed by atoms with Gasteiger partial charge in [-0.05, 0) is 36.4 Å². The first-order valence-electron chi connectivity index (χ1n) is 8.21. The van der Waals surface area contributed by atoms with Crippen LogP contribution in [0, 0.1) is 13.8 Å². The lowest BCUT2D eigenvalue weighted by Crippen LogP contribution is -2.50. The van der Waals surface area contributed by atoms with Crippen molar-refractivity contribution in [3.05, 3.63) is 57.3 Å². The Bertz CT molecular complexity index is 732. The molecule has 0 aliphatic carbocycles. The summed E-state index contributed by atoms with van der Waals surface area (Å²) >= 11 is 1.46. The number of hydrogen-bond donors (Lipinski definition) is 0. The fourth-order valence-corrected chi connectivity index (χ4v) is 3.72. The van der Waals surface area contributed by atoms with Crippen molar-refractivity contribution in [3.63, 3.8) is 0 Å². The van der Waals surface area contributed by atoms with E-state index in [4.69, 9.17) is 0 Å². The van der Waals surface area contributed by atoms with Gasteiger partial charge in [-0.25, -0.2) is 0 Å². The van der Waals surface area contributed by atoms with E-state index in [9.17, 15) is 9.59 Å². The van der Waals surface area contributed by atoms with Crippen LogP contribution in [-0.2, 0) is 11.2 Å². The van der Waals surface area contributed by atoms with E-state index in [2.05, 4.69) is 13.0 Å². The van der Waals surface area contributed by atoms with Crippen LogP contribution >= 0.6 is 11.3 Å². The van der Waals surface area contributed by atoms with Crippen molar-refractivity contribution < 1.29 is 9.59 Å². The van der Waals surface area contributed by atoms with Crippen LogP contribution in [0.25, 0.3) is 0 Å². The van der Waals surface area contributed by atoms with Crippen LogP contribution in [-0.4, -0.2) is 47.8 Å². The van der Waals surface area contributed by atoms with Crippen molar-refractivity contribution in [1.29, 1.82) is 0 Å². The van der Waals surface area contributed by atoms with Gasteiger partial charge in [0.1, 0.15) is 0 Å². The van der Waals surface area contributed by atoms with Crippen molar-refractivity contribution in [1.82, 2.24) is 9.80 Å². The van der Waals surface area contributed by atoms with Gasteiger partial charge in [0.25, 0.3) is 5.91 Å². The molecule has 0 N–H and O–H groups in total. The number of hydrogen-bond acceptors (Lipinski definition) is 3. The summed E-state index contributed by atoms with van der Waals surface area (Å²) in [5.41, 5.74) is 3.46. The van der Waals surface area contributed by atoms with E-state index < -0.39 is 0 Å². The molecular weight excluding hydrogens is 320 g/mol. The van der Waals surface area contributed by atoms with Gasteiger partial charge in [0.15, 0.2) is 0 Å². The van der Waals surface area contributed by atoms with Gasteiger partial charge in [-0.15, -0.1) is 11.3 Å². The molecular formula is C19H22N2O2S. The normalized spacial score (nSPS) is 14.8. The molecule has 0 radical (unpaired) electrons. The van der Waals surface area contributed by atoms with E-state index in [1.54, 1.807) is 0 Å². The van der Waals surface area contributed by atoms with Gasteiger partial charge >= 0.3 is 0 Å². The molecule has 1 aliphatic heterocycles. The van der Waals surface area contributed by atoms with Gasteiger partial charge in [0, 0.05) is 26.2 Å². The Labute approximate surface area is 146 Å². The number of carbonyl (C=O) groups excluding carboxylic acids is 2. The molecule has 5 heteroatoms. The highest BCUT2D eigenvalue weighted by atomic mass is 32.1. The summed E-state index contributed by atoms with van der Waals surface area (Å²) in [6.07, 6.45) is 0.436. The van der Waals surface area contributed by atoms with E-state index in [1.807, 2.05) is 46.4 Å². The lowest BCUT2D eigenvalue weighted by molar-refractivity contribution is -0.131. The van der Waals surface area contributed by atoms with Gasteiger partial charge < -0.3 is 9.80 Å². The molecule has 0 unspecified atom stereocenters. The molecule has 0 bridgehead atoms. The summed E-state index contributed by atoms with van der Waals surface area (Å²) in [5.74, 6) is 0.219. The average molecular weight is 342 g/mol. The minimum absolute atomic E-state index is 0.0754. The molecule has 126 valence electrons. The second kappa shape index (κ2) is 7.18. The molecule has 0 spiro atoms. The maximum atomic E-state index is 12.5. The highest BCUT2D eigenvalue weighted by molar-refractivity contribution is 7.12. The van der Waals surface area contributed by atoms with Crippen LogP contribution in [0.3, 0.4) is 0 Å². The van der Waals surface area contributed by atoms with E-state index in [1.165, 1.54) is 16.9 Å². The van der Waals surface area contributed by atoms with Gasteiger partial charge in [0.05, 0.1) is 11.3 Å². The number of benzene rings is 1. The van der Waals surface area contributed by atoms with Crippen LogP contribution in [0.5, 0.6) is 0 Å². The minimum Gasteiger partial charge on any atom is -0.339 e. The molecule has 1 aromatic heterocycles. The zero-order chi connectivity index (χ0) is 17.1. The topological polar surface area (TPSA) is 40.6 Å². The summed E-state index contributed by atoms with van der Waals surface area (Å²) in [5, 5.41) is 1.91. The Morgan fingerprint density at radius 2 is 1.75 bits per heavy atom. The third kappa shape index (κ3) is 3.67. The van der Waals surface area contributed by atoms with E-state index in [0.717, 1.165) is 16.0 Å². The third-order valence-electron chi connectivity index (χ3n) is 4.49. The minimum atomic E-state index is 0.0754. The highest BCUT2D eigenvalue weighted by Crippen LogP contribution is 2.16. The Kier molecular flexibility index (Phi) is 5.00. The van der Waals surface area contributed by atoms with Gasteiger partial charge in [0.2, 0.25) is 5.91 Å². The van der Waals surface area contributed by atoms with Gasteiger partial charge in [-0.2, -0.15) is 0 Å². The van der Waals surface area contributed by atoms with Crippen molar-refractivity contribution in [2.45, 2.75) is 20.3 Å². The van der Waals surface area contributed by atoms with Gasteiger partial charge in [-0.1, -0.05) is 29.8 Å². The predicted octanol–water partition coefficient (Wildman–Crippen LogP) is 2.89. The van der Waals surface area contributed by atoms with Crippen molar-refractivity contribution in [2.75, 3.05) is 26.2 Å². The third-order valence-corrected chi connectivity index (χ3v) is 5.35. The zero-order valence-electron chi connectivity index (χ0n) is 14.1. The van der Waals surface area contributed by atoms with Gasteiger partial charge in [-0.3, -0.25) is 9.59 Å². The van der Waals surface area contributed by atoms with Crippen molar-refractivity contribution in [3.8, 4) is 0 Å². The summed E-state index contributed by atoms with van der Waals surface area (Å²) in [6.45, 7) is 6.54. The highest BCUT2D eigenvalue weighted by Gasteiger charge is 2.25. The number of piperazine rings is 1. The molecule has 0 atom stereocenters. The van der Waals surface area contributed by atoms with E-state index >= 15 is 0 Å². The summed E-state index contributed by atoms with van der Waals surface area (Å²) in [4.78, 5) is 29.4. The van der Waals surface area contributed by atoms with Crippen molar-refractivity contribution in [2.24, 2.45) is 0 Å². The fraction of sp³-hybridized carbons (Fsp3) is 0.368. The number of nitrogens with zero attached hydrogens (tertiary/aromatic N) is 2. The molecule has 0 saturated carbocycles. The number of thiophene rings is 1. The molecule has 1 aliphatic rings. The summed E-state index contributed by atoms with van der Waals surface area (Å²) in [6, 6.07) is 9.94. The molecule has 2 aromatic rings. The summed E-state index contributed by atoms with van der Waals surface area (Å²) < 4.78 is 0. The maximum absolute atomic E-state index is 12.5. The molecule has 1 fully saturated rings. The quantitative estimate of drug-likeness (QED) is 0.860. The van der Waals surface area contributed by atoms with E-state index in [0.29, 0.717) is 32.6 Å². The second-order valence-electron chi connectivity index (χ2n) is 6.26. The smallest absolute Gasteiger partial charge is 0.264 e. The average Bonchev–Trinajstić information content (AvgIpc) is 3.11. The van der Waals surface area contributed by atoms with Crippen LogP contribution in [0.2, 0.25) is 0 Å². The molecule has 2 amide bonds. The monoisotopic (exact) mass is 342 g/mol. The first-order chi connectivity index (χ1) is 11.5. The number of carbonyl (C=O) groups is 2. The molecule has 1 aromatic carbocycles. The Morgan fingerprint density at radius 1 is 1.04 bits per heavy atom. The molecule has 24 heavy (non-hydrogen) atoms. The fourth-order valence-electron chi connectivity index (χ4n) is 3.03. The lowest BCUT2D eigenvalue weighted by Gasteiger charge is -2.34. The van der Waals surface area contributed by atoms with Crippen molar-refractivity contribution >= 4 is 23.2 Å². The second-order valence-corrected chi connectivity index (χ2v) is 7.20. The molecule has 3 rings (SSSR count). The van der Waals surface area contributed by atoms with Crippen LogP contribution in [0.4, 0.5) is 0 Å². The van der Waals surface area contributed by atoms with Crippen LogP contribution < -0.4 is 0 Å². The SMILES string of the molecule is Cc1ccc(CC(=O)N2CCN(C(=O)c3cccs3)CC2)c(C)c1. The largest absolute Gasteiger partial charge is 0.339 e. The molecule has 1 saturated heterocycles. The van der Waals surface area contributed by atoms with E-state index in [-0.39, 0.29) is 11.8 Å².